The normalized spacial score (nSPS) is 17.4. The molecule has 2 amide bonds. The molecule has 1 heterocycles. The molecule has 1 aliphatic heterocycles. The monoisotopic (exact) mass is 392 g/mol. The Morgan fingerprint density at radius 2 is 1.78 bits per heavy atom. The van der Waals surface area contributed by atoms with Crippen LogP contribution in [0.5, 0.6) is 0 Å². The van der Waals surface area contributed by atoms with Crippen molar-refractivity contribution in [2.24, 2.45) is 0 Å². The number of nitrogens with zero attached hydrogens (tertiary/aromatic N) is 1. The fraction of sp³-hybridized carbons (Fsp3) is 0.176. The molecule has 3 rings (SSSR count). The topological polar surface area (TPSA) is 49.4 Å². The molecule has 2 aromatic carbocycles. The lowest BCUT2D eigenvalue weighted by Gasteiger charge is -2.17. The summed E-state index contributed by atoms with van der Waals surface area (Å²) in [7, 11) is 0. The standard InChI is InChI=1S/C17H14BrClN2O2/c18-12-3-1-11(2-4-12)17(23)20-14-9-16(22)21(10-14)15-7-5-13(19)6-8-15/h1-8,14H,9-10H2,(H,20,23)/t14-/m1/s1. The molecule has 0 spiro atoms. The molecule has 2 aromatic rings. The molecule has 4 nitrogen and oxygen atoms in total. The number of amides is 2. The highest BCUT2D eigenvalue weighted by atomic mass is 79.9. The zero-order valence-electron chi connectivity index (χ0n) is 12.1. The van der Waals surface area contributed by atoms with Crippen LogP contribution < -0.4 is 10.2 Å². The maximum Gasteiger partial charge on any atom is 0.251 e. The summed E-state index contributed by atoms with van der Waals surface area (Å²) in [5.41, 5.74) is 1.37. The van der Waals surface area contributed by atoms with Crippen molar-refractivity contribution >= 4 is 45.0 Å². The second-order valence-corrected chi connectivity index (χ2v) is 6.71. The van der Waals surface area contributed by atoms with Gasteiger partial charge in [0.2, 0.25) is 5.91 Å². The zero-order valence-corrected chi connectivity index (χ0v) is 14.5. The van der Waals surface area contributed by atoms with Gasteiger partial charge in [0.25, 0.3) is 5.91 Å². The molecule has 23 heavy (non-hydrogen) atoms. The van der Waals surface area contributed by atoms with E-state index in [4.69, 9.17) is 11.6 Å². The van der Waals surface area contributed by atoms with Crippen LogP contribution in [-0.2, 0) is 4.79 Å². The quantitative estimate of drug-likeness (QED) is 0.865. The molecule has 0 aliphatic carbocycles. The van der Waals surface area contributed by atoms with Crippen LogP contribution in [0.3, 0.4) is 0 Å². The highest BCUT2D eigenvalue weighted by Crippen LogP contribution is 2.23. The Morgan fingerprint density at radius 3 is 2.43 bits per heavy atom. The fourth-order valence-electron chi connectivity index (χ4n) is 2.54. The second kappa shape index (κ2) is 6.72. The Kier molecular flexibility index (Phi) is 4.68. The number of carbonyl (C=O) groups excluding carboxylic acids is 2. The Labute approximate surface area is 147 Å². The summed E-state index contributed by atoms with van der Waals surface area (Å²) in [6.45, 7) is 0.461. The first-order valence-corrected chi connectivity index (χ1v) is 8.32. The van der Waals surface area contributed by atoms with E-state index in [1.54, 1.807) is 41.3 Å². The third-order valence-electron chi connectivity index (χ3n) is 3.70. The summed E-state index contributed by atoms with van der Waals surface area (Å²) in [6, 6.07) is 14.0. The molecule has 0 bridgehead atoms. The van der Waals surface area contributed by atoms with E-state index < -0.39 is 0 Å². The van der Waals surface area contributed by atoms with Crippen LogP contribution in [0.1, 0.15) is 16.8 Å². The molecule has 6 heteroatoms. The van der Waals surface area contributed by atoms with E-state index in [1.807, 2.05) is 12.1 Å². The summed E-state index contributed by atoms with van der Waals surface area (Å²) < 4.78 is 0.916. The lowest BCUT2D eigenvalue weighted by Crippen LogP contribution is -2.37. The number of hydrogen-bond donors (Lipinski definition) is 1. The van der Waals surface area contributed by atoms with E-state index in [2.05, 4.69) is 21.2 Å². The van der Waals surface area contributed by atoms with E-state index in [9.17, 15) is 9.59 Å². The fourth-order valence-corrected chi connectivity index (χ4v) is 2.94. The third-order valence-corrected chi connectivity index (χ3v) is 4.49. The minimum Gasteiger partial charge on any atom is -0.347 e. The predicted molar refractivity (Wildman–Crippen MR) is 93.8 cm³/mol. The van der Waals surface area contributed by atoms with Gasteiger partial charge in [-0.05, 0) is 48.5 Å². The maximum atomic E-state index is 12.2. The van der Waals surface area contributed by atoms with E-state index >= 15 is 0 Å². The van der Waals surface area contributed by atoms with Gasteiger partial charge in [-0.1, -0.05) is 27.5 Å². The number of hydrogen-bond acceptors (Lipinski definition) is 2. The number of rotatable bonds is 3. The lowest BCUT2D eigenvalue weighted by atomic mass is 10.2. The molecule has 1 fully saturated rings. The van der Waals surface area contributed by atoms with E-state index in [0.29, 0.717) is 23.6 Å². The van der Waals surface area contributed by atoms with Gasteiger partial charge in [0.15, 0.2) is 0 Å². The van der Waals surface area contributed by atoms with Crippen LogP contribution in [0.15, 0.2) is 53.0 Å². The Hall–Kier alpha value is -1.85. The van der Waals surface area contributed by atoms with Crippen LogP contribution in [0.4, 0.5) is 5.69 Å². The largest absolute Gasteiger partial charge is 0.347 e. The molecule has 1 N–H and O–H groups in total. The highest BCUT2D eigenvalue weighted by molar-refractivity contribution is 9.10. The van der Waals surface area contributed by atoms with E-state index in [0.717, 1.165) is 10.2 Å². The molecule has 0 aromatic heterocycles. The molecular weight excluding hydrogens is 380 g/mol. The van der Waals surface area contributed by atoms with Crippen LogP contribution in [0, 0.1) is 0 Å². The number of halogens is 2. The van der Waals surface area contributed by atoms with Gasteiger partial charge in [0.1, 0.15) is 0 Å². The zero-order chi connectivity index (χ0) is 16.4. The highest BCUT2D eigenvalue weighted by Gasteiger charge is 2.31. The Bertz CT molecular complexity index is 731. The smallest absolute Gasteiger partial charge is 0.251 e. The molecule has 1 saturated heterocycles. The number of anilines is 1. The van der Waals surface area contributed by atoms with Gasteiger partial charge in [-0.3, -0.25) is 9.59 Å². The summed E-state index contributed by atoms with van der Waals surface area (Å²) in [6.07, 6.45) is 0.297. The van der Waals surface area contributed by atoms with Crippen LogP contribution in [0.25, 0.3) is 0 Å². The first-order chi connectivity index (χ1) is 11.0. The molecule has 0 radical (unpaired) electrons. The van der Waals surface area contributed by atoms with Crippen LogP contribution in [-0.4, -0.2) is 24.4 Å². The third kappa shape index (κ3) is 3.74. The van der Waals surface area contributed by atoms with Crippen molar-refractivity contribution in [2.75, 3.05) is 11.4 Å². The molecule has 118 valence electrons. The van der Waals surface area contributed by atoms with Gasteiger partial charge in [-0.15, -0.1) is 0 Å². The average Bonchev–Trinajstić information content (AvgIpc) is 2.89. The van der Waals surface area contributed by atoms with Crippen LogP contribution in [0.2, 0.25) is 5.02 Å². The van der Waals surface area contributed by atoms with Gasteiger partial charge in [-0.2, -0.15) is 0 Å². The first-order valence-electron chi connectivity index (χ1n) is 7.15. The second-order valence-electron chi connectivity index (χ2n) is 5.36. The summed E-state index contributed by atoms with van der Waals surface area (Å²) >= 11 is 9.20. The molecular formula is C17H14BrClN2O2. The number of carbonyl (C=O) groups is 2. The first kappa shape index (κ1) is 16.0. The van der Waals surface area contributed by atoms with Crippen molar-refractivity contribution in [3.8, 4) is 0 Å². The Balaban J connectivity index is 1.66. The van der Waals surface area contributed by atoms with Crippen molar-refractivity contribution in [2.45, 2.75) is 12.5 Å². The predicted octanol–water partition coefficient (Wildman–Crippen LogP) is 3.64. The summed E-state index contributed by atoms with van der Waals surface area (Å²) in [5, 5.41) is 3.54. The Morgan fingerprint density at radius 1 is 1.13 bits per heavy atom. The van der Waals surface area contributed by atoms with Gasteiger partial charge in [0.05, 0.1) is 6.04 Å². The van der Waals surface area contributed by atoms with Crippen molar-refractivity contribution in [3.05, 3.63) is 63.6 Å². The summed E-state index contributed by atoms with van der Waals surface area (Å²) in [5.74, 6) is -0.179. The van der Waals surface area contributed by atoms with Gasteiger partial charge in [-0.25, -0.2) is 0 Å². The minimum absolute atomic E-state index is 0.00608. The number of benzene rings is 2. The minimum atomic E-state index is -0.200. The number of nitrogens with one attached hydrogen (secondary N) is 1. The van der Waals surface area contributed by atoms with Crippen molar-refractivity contribution in [3.63, 3.8) is 0 Å². The van der Waals surface area contributed by atoms with Crippen molar-refractivity contribution in [1.82, 2.24) is 5.32 Å². The van der Waals surface area contributed by atoms with Crippen molar-refractivity contribution in [1.29, 1.82) is 0 Å². The van der Waals surface area contributed by atoms with Gasteiger partial charge >= 0.3 is 0 Å². The molecule has 1 aliphatic rings. The van der Waals surface area contributed by atoms with E-state index in [-0.39, 0.29) is 17.9 Å². The van der Waals surface area contributed by atoms with Crippen LogP contribution >= 0.6 is 27.5 Å². The molecule has 0 unspecified atom stereocenters. The summed E-state index contributed by atoms with van der Waals surface area (Å²) in [4.78, 5) is 26.1. The maximum absolute atomic E-state index is 12.2. The average molecular weight is 394 g/mol. The van der Waals surface area contributed by atoms with Gasteiger partial charge in [0, 0.05) is 33.7 Å². The molecule has 0 saturated carbocycles. The van der Waals surface area contributed by atoms with Crippen molar-refractivity contribution < 1.29 is 9.59 Å². The van der Waals surface area contributed by atoms with E-state index in [1.165, 1.54) is 0 Å². The lowest BCUT2D eigenvalue weighted by molar-refractivity contribution is -0.117. The molecule has 1 atom stereocenters. The SMILES string of the molecule is O=C(N[C@@H]1CC(=O)N(c2ccc(Cl)cc2)C1)c1ccc(Br)cc1. The van der Waals surface area contributed by atoms with Gasteiger partial charge < -0.3 is 10.2 Å².